The van der Waals surface area contributed by atoms with E-state index in [0.717, 1.165) is 0 Å². The van der Waals surface area contributed by atoms with Gasteiger partial charge in [0.2, 0.25) is 0 Å². The monoisotopic (exact) mass is 306 g/mol. The highest BCUT2D eigenvalue weighted by Crippen LogP contribution is 2.38. The molecule has 0 saturated carbocycles. The van der Waals surface area contributed by atoms with Crippen molar-refractivity contribution in [3.8, 4) is 17.0 Å². The quantitative estimate of drug-likeness (QED) is 0.720. The maximum absolute atomic E-state index is 9.87. The molecule has 0 fully saturated rings. The lowest BCUT2D eigenvalue weighted by Crippen LogP contribution is -1.97. The average Bonchev–Trinajstić information content (AvgIpc) is 2.43. The van der Waals surface area contributed by atoms with Crippen molar-refractivity contribution in [1.82, 2.24) is 15.0 Å². The van der Waals surface area contributed by atoms with E-state index in [4.69, 9.17) is 28.9 Å². The fourth-order valence-electron chi connectivity index (χ4n) is 1.97. The smallest absolute Gasteiger partial charge is 0.147 e. The molecule has 0 aliphatic carbocycles. The first-order valence-electron chi connectivity index (χ1n) is 5.62. The van der Waals surface area contributed by atoms with Gasteiger partial charge in [0.1, 0.15) is 23.4 Å². The van der Waals surface area contributed by atoms with E-state index in [9.17, 15) is 5.11 Å². The number of nitrogen functional groups attached to an aromatic ring is 1. The number of hydrogen-bond acceptors (Lipinski definition) is 5. The van der Waals surface area contributed by atoms with Gasteiger partial charge in [-0.1, -0.05) is 35.3 Å². The molecule has 20 heavy (non-hydrogen) atoms. The lowest BCUT2D eigenvalue weighted by molar-refractivity contribution is 0.479. The Morgan fingerprint density at radius 2 is 1.90 bits per heavy atom. The van der Waals surface area contributed by atoms with Gasteiger partial charge < -0.3 is 10.8 Å². The van der Waals surface area contributed by atoms with E-state index in [-0.39, 0.29) is 11.6 Å². The molecule has 0 atom stereocenters. The zero-order chi connectivity index (χ0) is 14.3. The summed E-state index contributed by atoms with van der Waals surface area (Å²) in [6.07, 6.45) is 2.59. The van der Waals surface area contributed by atoms with Crippen LogP contribution in [0, 0.1) is 0 Å². The lowest BCUT2D eigenvalue weighted by Gasteiger charge is -2.09. The number of nitrogens with two attached hydrogens (primary N) is 1. The highest BCUT2D eigenvalue weighted by molar-refractivity contribution is 6.43. The Morgan fingerprint density at radius 3 is 2.70 bits per heavy atom. The van der Waals surface area contributed by atoms with Crippen molar-refractivity contribution in [2.24, 2.45) is 0 Å². The van der Waals surface area contributed by atoms with Gasteiger partial charge in [-0.2, -0.15) is 0 Å². The molecule has 3 N–H and O–H groups in total. The van der Waals surface area contributed by atoms with Crippen LogP contribution in [0.15, 0.2) is 30.7 Å². The van der Waals surface area contributed by atoms with Gasteiger partial charge >= 0.3 is 0 Å². The Hall–Kier alpha value is -2.11. The molecule has 0 radical (unpaired) electrons. The first-order chi connectivity index (χ1) is 9.59. The second-order valence-electron chi connectivity index (χ2n) is 4.08. The molecule has 0 saturated heterocycles. The Morgan fingerprint density at radius 1 is 1.10 bits per heavy atom. The van der Waals surface area contributed by atoms with Crippen molar-refractivity contribution in [3.63, 3.8) is 0 Å². The minimum Gasteiger partial charge on any atom is -0.505 e. The number of aromatic nitrogens is 3. The fourth-order valence-corrected chi connectivity index (χ4v) is 2.36. The van der Waals surface area contributed by atoms with Crippen LogP contribution in [-0.4, -0.2) is 20.1 Å². The number of hydrogen-bond donors (Lipinski definition) is 2. The molecular weight excluding hydrogens is 299 g/mol. The first-order valence-corrected chi connectivity index (χ1v) is 6.37. The van der Waals surface area contributed by atoms with Crippen molar-refractivity contribution < 1.29 is 5.11 Å². The minimum absolute atomic E-state index is 0.0833. The molecule has 2 heterocycles. The number of anilines is 1. The van der Waals surface area contributed by atoms with Crippen LogP contribution in [0.4, 0.5) is 5.82 Å². The van der Waals surface area contributed by atoms with Gasteiger partial charge in [-0.25, -0.2) is 9.97 Å². The van der Waals surface area contributed by atoms with Gasteiger partial charge in [-0.15, -0.1) is 0 Å². The van der Waals surface area contributed by atoms with Crippen LogP contribution in [0.3, 0.4) is 0 Å². The number of rotatable bonds is 1. The standard InChI is InChI=1S/C13H8Cl2N4O/c14-7-3-1-2-6(10(7)15)11-12-9(8(20)4-17-11)13(16)19-5-18-12/h1-5,20H,(H2,16,18,19). The highest BCUT2D eigenvalue weighted by atomic mass is 35.5. The molecule has 3 rings (SSSR count). The normalized spacial score (nSPS) is 10.9. The van der Waals surface area contributed by atoms with E-state index in [0.29, 0.717) is 32.2 Å². The van der Waals surface area contributed by atoms with Crippen molar-refractivity contribution in [1.29, 1.82) is 0 Å². The molecule has 1 aromatic carbocycles. The zero-order valence-electron chi connectivity index (χ0n) is 10.0. The molecule has 7 heteroatoms. The molecule has 0 amide bonds. The van der Waals surface area contributed by atoms with E-state index in [1.807, 2.05) is 0 Å². The van der Waals surface area contributed by atoms with Gasteiger partial charge in [0, 0.05) is 5.56 Å². The van der Waals surface area contributed by atoms with E-state index in [2.05, 4.69) is 15.0 Å². The summed E-state index contributed by atoms with van der Waals surface area (Å²) >= 11 is 12.2. The van der Waals surface area contributed by atoms with Crippen LogP contribution in [-0.2, 0) is 0 Å². The molecule has 2 aromatic heterocycles. The van der Waals surface area contributed by atoms with Crippen LogP contribution in [0.1, 0.15) is 0 Å². The molecule has 0 spiro atoms. The maximum Gasteiger partial charge on any atom is 0.147 e. The summed E-state index contributed by atoms with van der Waals surface area (Å²) in [6.45, 7) is 0. The Labute approximate surface area is 124 Å². The van der Waals surface area contributed by atoms with E-state index >= 15 is 0 Å². The van der Waals surface area contributed by atoms with Gasteiger partial charge in [0.15, 0.2) is 0 Å². The Balaban J connectivity index is 2.41. The number of nitrogens with zero attached hydrogens (tertiary/aromatic N) is 3. The summed E-state index contributed by atoms with van der Waals surface area (Å²) in [5, 5.41) is 11.0. The lowest BCUT2D eigenvalue weighted by atomic mass is 10.1. The molecular formula is C13H8Cl2N4O. The van der Waals surface area contributed by atoms with Crippen LogP contribution < -0.4 is 5.73 Å². The topological polar surface area (TPSA) is 84.9 Å². The number of aromatic hydroxyl groups is 1. The number of benzene rings is 1. The van der Waals surface area contributed by atoms with E-state index in [1.165, 1.54) is 12.5 Å². The molecule has 100 valence electrons. The van der Waals surface area contributed by atoms with Gasteiger partial charge in [0.25, 0.3) is 0 Å². The zero-order valence-corrected chi connectivity index (χ0v) is 11.5. The summed E-state index contributed by atoms with van der Waals surface area (Å²) in [7, 11) is 0. The van der Waals surface area contributed by atoms with Crippen molar-refractivity contribution in [2.45, 2.75) is 0 Å². The third-order valence-corrected chi connectivity index (χ3v) is 3.70. The summed E-state index contributed by atoms with van der Waals surface area (Å²) in [5.41, 5.74) is 7.29. The second kappa shape index (κ2) is 4.77. The molecule has 3 aromatic rings. The SMILES string of the molecule is Nc1ncnc2c(-c3cccc(Cl)c3Cl)ncc(O)c12. The molecule has 0 bridgehead atoms. The summed E-state index contributed by atoms with van der Waals surface area (Å²) < 4.78 is 0. The molecule has 0 unspecified atom stereocenters. The van der Waals surface area contributed by atoms with Crippen LogP contribution >= 0.6 is 23.2 Å². The summed E-state index contributed by atoms with van der Waals surface area (Å²) in [6, 6.07) is 5.21. The Bertz CT molecular complexity index is 815. The van der Waals surface area contributed by atoms with Crippen LogP contribution in [0.2, 0.25) is 10.0 Å². The van der Waals surface area contributed by atoms with Crippen molar-refractivity contribution in [2.75, 3.05) is 5.73 Å². The number of halogens is 2. The van der Waals surface area contributed by atoms with Crippen molar-refractivity contribution in [3.05, 3.63) is 40.8 Å². The first kappa shape index (κ1) is 12.9. The largest absolute Gasteiger partial charge is 0.505 e. The van der Waals surface area contributed by atoms with Crippen molar-refractivity contribution >= 4 is 39.9 Å². The molecule has 0 aliphatic heterocycles. The predicted octanol–water partition coefficient (Wildman–Crippen LogP) is 3.29. The molecule has 0 aliphatic rings. The molecule has 5 nitrogen and oxygen atoms in total. The Kier molecular flexibility index (Phi) is 3.08. The van der Waals surface area contributed by atoms with Gasteiger partial charge in [0.05, 0.1) is 27.3 Å². The van der Waals surface area contributed by atoms with E-state index in [1.54, 1.807) is 18.2 Å². The van der Waals surface area contributed by atoms with Gasteiger partial charge in [-0.05, 0) is 6.07 Å². The number of pyridine rings is 1. The van der Waals surface area contributed by atoms with Crippen LogP contribution in [0.5, 0.6) is 5.75 Å². The average molecular weight is 307 g/mol. The fraction of sp³-hybridized carbons (Fsp3) is 0. The van der Waals surface area contributed by atoms with E-state index < -0.39 is 0 Å². The summed E-state index contributed by atoms with van der Waals surface area (Å²) in [5.74, 6) is 0.0919. The third kappa shape index (κ3) is 1.92. The number of fused-ring (bicyclic) bond motifs is 1. The predicted molar refractivity (Wildman–Crippen MR) is 78.9 cm³/mol. The third-order valence-electron chi connectivity index (χ3n) is 2.88. The highest BCUT2D eigenvalue weighted by Gasteiger charge is 2.16. The second-order valence-corrected chi connectivity index (χ2v) is 4.86. The minimum atomic E-state index is -0.0833. The maximum atomic E-state index is 9.87. The van der Waals surface area contributed by atoms with Crippen LogP contribution in [0.25, 0.3) is 22.2 Å². The van der Waals surface area contributed by atoms with Gasteiger partial charge in [-0.3, -0.25) is 4.98 Å². The summed E-state index contributed by atoms with van der Waals surface area (Å²) in [4.78, 5) is 12.2.